The van der Waals surface area contributed by atoms with Gasteiger partial charge in [-0.25, -0.2) is 0 Å². The molecule has 1 aliphatic carbocycles. The van der Waals surface area contributed by atoms with Crippen molar-refractivity contribution in [2.24, 2.45) is 0 Å². The predicted molar refractivity (Wildman–Crippen MR) is 229 cm³/mol. The number of nitrogens with zero attached hydrogens (tertiary/aromatic N) is 1. The predicted octanol–water partition coefficient (Wildman–Crippen LogP) is 14.8. The van der Waals surface area contributed by atoms with Crippen LogP contribution in [0.4, 0.5) is 17.1 Å². The number of hydrogen-bond donors (Lipinski definition) is 0. The van der Waals surface area contributed by atoms with Gasteiger partial charge in [-0.05, 0) is 94.8 Å². The molecule has 2 aromatic heterocycles. The van der Waals surface area contributed by atoms with Crippen LogP contribution in [0.1, 0.15) is 29.0 Å². The highest BCUT2D eigenvalue weighted by atomic mass is 32.1. The first-order valence-corrected chi connectivity index (χ1v) is 19.6. The summed E-state index contributed by atoms with van der Waals surface area (Å²) in [5.74, 6) is 0.163. The van der Waals surface area contributed by atoms with Crippen LogP contribution in [0.5, 0.6) is 0 Å². The first kappa shape index (κ1) is 31.1. The Bertz CT molecular complexity index is 3000. The topological polar surface area (TPSA) is 16.4 Å². The lowest BCUT2D eigenvalue weighted by Gasteiger charge is -2.32. The van der Waals surface area contributed by atoms with Crippen LogP contribution < -0.4 is 4.90 Å². The van der Waals surface area contributed by atoms with Crippen molar-refractivity contribution in [3.8, 4) is 22.3 Å². The molecule has 0 bridgehead atoms. The van der Waals surface area contributed by atoms with E-state index in [0.29, 0.717) is 0 Å². The number of rotatable bonds is 5. The summed E-state index contributed by atoms with van der Waals surface area (Å²) < 4.78 is 9.26. The lowest BCUT2D eigenvalue weighted by atomic mass is 9.82. The molecule has 2 nitrogen and oxygen atoms in total. The summed E-state index contributed by atoms with van der Waals surface area (Å²) in [4.78, 5) is 2.50. The van der Waals surface area contributed by atoms with E-state index in [1.165, 1.54) is 70.2 Å². The van der Waals surface area contributed by atoms with E-state index in [-0.39, 0.29) is 5.92 Å². The molecule has 10 aromatic rings. The Morgan fingerprint density at radius 3 is 2.06 bits per heavy atom. The molecular weight excluding hydrogens is 675 g/mol. The number of para-hydroxylation sites is 2. The van der Waals surface area contributed by atoms with E-state index in [0.717, 1.165) is 40.8 Å². The molecular formula is C51H35NOS. The molecule has 8 aromatic carbocycles. The Labute approximate surface area is 318 Å². The van der Waals surface area contributed by atoms with Gasteiger partial charge in [0.15, 0.2) is 0 Å². The number of fused-ring (bicyclic) bond motifs is 9. The molecule has 11 rings (SSSR count). The minimum Gasteiger partial charge on any atom is -0.456 e. The molecule has 2 heterocycles. The molecule has 256 valence electrons. The van der Waals surface area contributed by atoms with Crippen LogP contribution in [-0.2, 0) is 6.42 Å². The molecule has 0 aliphatic heterocycles. The van der Waals surface area contributed by atoms with Gasteiger partial charge in [0.1, 0.15) is 11.2 Å². The zero-order valence-electron chi connectivity index (χ0n) is 29.6. The van der Waals surface area contributed by atoms with Gasteiger partial charge in [0.25, 0.3) is 0 Å². The summed E-state index contributed by atoms with van der Waals surface area (Å²) >= 11 is 1.87. The lowest BCUT2D eigenvalue weighted by molar-refractivity contribution is 0.667. The quantitative estimate of drug-likeness (QED) is 0.177. The molecule has 0 spiro atoms. The Morgan fingerprint density at radius 1 is 0.519 bits per heavy atom. The summed E-state index contributed by atoms with van der Waals surface area (Å²) in [6.45, 7) is 0. The van der Waals surface area contributed by atoms with Crippen molar-refractivity contribution in [3.63, 3.8) is 0 Å². The van der Waals surface area contributed by atoms with E-state index in [1.54, 1.807) is 0 Å². The first-order valence-electron chi connectivity index (χ1n) is 18.8. The fourth-order valence-corrected chi connectivity index (χ4v) is 10.1. The van der Waals surface area contributed by atoms with Gasteiger partial charge in [-0.3, -0.25) is 0 Å². The van der Waals surface area contributed by atoms with E-state index >= 15 is 0 Å². The van der Waals surface area contributed by atoms with Gasteiger partial charge in [0.05, 0.1) is 5.69 Å². The first-order chi connectivity index (χ1) is 26.8. The average Bonchev–Trinajstić information content (AvgIpc) is 3.74. The zero-order valence-corrected chi connectivity index (χ0v) is 30.4. The fourth-order valence-electron chi connectivity index (χ4n) is 8.99. The van der Waals surface area contributed by atoms with Gasteiger partial charge in [0, 0.05) is 53.8 Å². The van der Waals surface area contributed by atoms with Gasteiger partial charge < -0.3 is 9.32 Å². The molecule has 0 radical (unpaired) electrons. The average molecular weight is 710 g/mol. The van der Waals surface area contributed by atoms with Crippen LogP contribution in [0.2, 0.25) is 0 Å². The summed E-state index contributed by atoms with van der Waals surface area (Å²) in [6, 6.07) is 66.6. The molecule has 0 fully saturated rings. The van der Waals surface area contributed by atoms with Crippen molar-refractivity contribution in [2.75, 3.05) is 4.90 Å². The zero-order chi connectivity index (χ0) is 35.6. The monoisotopic (exact) mass is 709 g/mol. The maximum atomic E-state index is 6.65. The number of aryl methyl sites for hydroxylation is 1. The van der Waals surface area contributed by atoms with Crippen LogP contribution >= 0.6 is 11.3 Å². The maximum Gasteiger partial charge on any atom is 0.136 e. The molecule has 1 atom stereocenters. The third kappa shape index (κ3) is 4.93. The highest BCUT2D eigenvalue weighted by Gasteiger charge is 2.32. The van der Waals surface area contributed by atoms with E-state index in [9.17, 15) is 0 Å². The normalized spacial score (nSPS) is 14.0. The van der Waals surface area contributed by atoms with Crippen molar-refractivity contribution in [1.29, 1.82) is 0 Å². The Balaban J connectivity index is 1.25. The van der Waals surface area contributed by atoms with Gasteiger partial charge >= 0.3 is 0 Å². The van der Waals surface area contributed by atoms with Crippen LogP contribution in [-0.4, -0.2) is 0 Å². The maximum absolute atomic E-state index is 6.65. The molecule has 1 unspecified atom stereocenters. The minimum atomic E-state index is 0.163. The molecule has 54 heavy (non-hydrogen) atoms. The van der Waals surface area contributed by atoms with Crippen LogP contribution in [0.25, 0.3) is 64.4 Å². The summed E-state index contributed by atoms with van der Waals surface area (Å²) in [5.41, 5.74) is 14.4. The van der Waals surface area contributed by atoms with E-state index in [2.05, 4.69) is 187 Å². The smallest absolute Gasteiger partial charge is 0.136 e. The Kier molecular flexibility index (Phi) is 7.27. The van der Waals surface area contributed by atoms with Gasteiger partial charge in [-0.1, -0.05) is 133 Å². The molecule has 1 aliphatic rings. The third-order valence-corrected chi connectivity index (χ3v) is 12.4. The minimum absolute atomic E-state index is 0.163. The number of furan rings is 1. The number of hydrogen-bond acceptors (Lipinski definition) is 3. The van der Waals surface area contributed by atoms with Crippen LogP contribution in [0.15, 0.2) is 186 Å². The second kappa shape index (κ2) is 12.6. The van der Waals surface area contributed by atoms with Crippen molar-refractivity contribution >= 4 is 70.5 Å². The highest BCUT2D eigenvalue weighted by molar-refractivity contribution is 7.25. The Hall–Kier alpha value is -6.42. The van der Waals surface area contributed by atoms with E-state index < -0.39 is 0 Å². The van der Waals surface area contributed by atoms with Crippen molar-refractivity contribution in [1.82, 2.24) is 0 Å². The molecule has 0 saturated carbocycles. The third-order valence-electron chi connectivity index (χ3n) is 11.3. The van der Waals surface area contributed by atoms with Crippen molar-refractivity contribution < 1.29 is 4.42 Å². The lowest BCUT2D eigenvalue weighted by Crippen LogP contribution is -2.15. The van der Waals surface area contributed by atoms with Gasteiger partial charge in [0.2, 0.25) is 0 Å². The molecule has 0 N–H and O–H groups in total. The second-order valence-corrected chi connectivity index (χ2v) is 15.4. The fraction of sp³-hybridized carbons (Fsp3) is 0.0588. The Morgan fingerprint density at radius 2 is 1.22 bits per heavy atom. The number of benzene rings is 8. The molecule has 0 saturated heterocycles. The van der Waals surface area contributed by atoms with E-state index in [4.69, 9.17) is 4.42 Å². The van der Waals surface area contributed by atoms with Gasteiger partial charge in [-0.15, -0.1) is 11.3 Å². The van der Waals surface area contributed by atoms with Crippen molar-refractivity contribution in [2.45, 2.75) is 18.8 Å². The standard InChI is InChI=1S/C51H35NOS/c1-4-15-33(16-5-1)38-29-27-35-31-45-51(41-22-10-12-25-44(41)53-45)49(34-17-6-2-7-18-34)48(35)42-23-14-24-43(50(38)42)52(36-19-8-3-9-20-36)37-28-30-40-39-21-11-13-26-46(39)54-47(40)32-37/h1-26,28,30-32,38H,27,29H2. The number of thiophene rings is 1. The molecule has 3 heteroatoms. The highest BCUT2D eigenvalue weighted by Crippen LogP contribution is 2.54. The van der Waals surface area contributed by atoms with Crippen molar-refractivity contribution in [3.05, 3.63) is 199 Å². The van der Waals surface area contributed by atoms with Crippen LogP contribution in [0.3, 0.4) is 0 Å². The number of anilines is 3. The summed E-state index contributed by atoms with van der Waals surface area (Å²) in [7, 11) is 0. The summed E-state index contributed by atoms with van der Waals surface area (Å²) in [5, 5.41) is 4.95. The SMILES string of the molecule is c1ccc(-c2c3c(cc4oc5ccccc5c24)CCC(c2ccccc2)c2c-3cccc2N(c2ccccc2)c2ccc3c(c2)sc2ccccc23)cc1. The molecule has 0 amide bonds. The van der Waals surface area contributed by atoms with Gasteiger partial charge in [-0.2, -0.15) is 0 Å². The van der Waals surface area contributed by atoms with Crippen LogP contribution in [0, 0.1) is 0 Å². The summed E-state index contributed by atoms with van der Waals surface area (Å²) in [6.07, 6.45) is 1.90. The second-order valence-electron chi connectivity index (χ2n) is 14.3. The van der Waals surface area contributed by atoms with E-state index in [1.807, 2.05) is 11.3 Å². The largest absolute Gasteiger partial charge is 0.456 e.